The smallest absolute Gasteiger partial charge is 0.119 e. The Morgan fingerprint density at radius 1 is 1.19 bits per heavy atom. The maximum Gasteiger partial charge on any atom is 0.119 e. The normalized spacial score (nSPS) is 12.4. The van der Waals surface area contributed by atoms with Crippen molar-refractivity contribution in [2.45, 2.75) is 34.6 Å². The summed E-state index contributed by atoms with van der Waals surface area (Å²) in [6.07, 6.45) is 6.30. The lowest BCUT2D eigenvalue weighted by atomic mass is 9.96. The minimum Gasteiger partial charge on any atom is -0.508 e. The Labute approximate surface area is 98.1 Å². The van der Waals surface area contributed by atoms with E-state index in [2.05, 4.69) is 25.2 Å². The van der Waals surface area contributed by atoms with Crippen LogP contribution in [0.4, 0.5) is 0 Å². The lowest BCUT2D eigenvalue weighted by molar-refractivity contribution is 0.470. The number of aromatic hydroxyl groups is 1. The molecule has 0 fully saturated rings. The fourth-order valence-corrected chi connectivity index (χ4v) is 1.65. The molecule has 1 nitrogen and oxygen atoms in total. The number of hydrogen-bond acceptors (Lipinski definition) is 1. The molecule has 0 bridgehead atoms. The molecule has 0 atom stereocenters. The summed E-state index contributed by atoms with van der Waals surface area (Å²) in [7, 11) is 0. The molecule has 0 unspecified atom stereocenters. The van der Waals surface area contributed by atoms with Crippen LogP contribution in [0.25, 0.3) is 6.08 Å². The highest BCUT2D eigenvalue weighted by atomic mass is 16.3. The van der Waals surface area contributed by atoms with Crippen LogP contribution in [0.15, 0.2) is 23.8 Å². The van der Waals surface area contributed by atoms with Crippen molar-refractivity contribution in [2.75, 3.05) is 0 Å². The summed E-state index contributed by atoms with van der Waals surface area (Å²) < 4.78 is 0. The molecule has 86 valence electrons. The number of phenolic OH excluding ortho intramolecular Hbond substituents is 1. The molecular formula is C15H20O. The third-order valence-electron chi connectivity index (χ3n) is 3.10. The largest absolute Gasteiger partial charge is 0.508 e. The van der Waals surface area contributed by atoms with Crippen LogP contribution in [0.3, 0.4) is 0 Å². The maximum atomic E-state index is 9.69. The zero-order valence-corrected chi connectivity index (χ0v) is 10.8. The second-order valence-electron chi connectivity index (χ2n) is 4.24. The summed E-state index contributed by atoms with van der Waals surface area (Å²) in [5.41, 5.74) is 5.67. The monoisotopic (exact) mass is 216 g/mol. The highest BCUT2D eigenvalue weighted by Crippen LogP contribution is 2.27. The quantitative estimate of drug-likeness (QED) is 0.731. The van der Waals surface area contributed by atoms with Gasteiger partial charge >= 0.3 is 0 Å². The first-order chi connectivity index (χ1) is 7.47. The van der Waals surface area contributed by atoms with Crippen LogP contribution >= 0.6 is 0 Å². The number of allylic oxidation sites excluding steroid dienone is 3. The van der Waals surface area contributed by atoms with Crippen molar-refractivity contribution in [3.63, 3.8) is 0 Å². The second kappa shape index (κ2) is 5.02. The van der Waals surface area contributed by atoms with Gasteiger partial charge in [-0.15, -0.1) is 0 Å². The predicted octanol–water partition coefficient (Wildman–Crippen LogP) is 4.30. The van der Waals surface area contributed by atoms with E-state index in [1.807, 2.05) is 33.8 Å². The van der Waals surface area contributed by atoms with Gasteiger partial charge in [-0.1, -0.05) is 23.8 Å². The van der Waals surface area contributed by atoms with Gasteiger partial charge in [0.05, 0.1) is 0 Å². The van der Waals surface area contributed by atoms with Crippen molar-refractivity contribution in [1.82, 2.24) is 0 Å². The van der Waals surface area contributed by atoms with Crippen molar-refractivity contribution < 1.29 is 5.11 Å². The zero-order valence-electron chi connectivity index (χ0n) is 10.8. The van der Waals surface area contributed by atoms with Crippen LogP contribution in [0.2, 0.25) is 0 Å². The molecule has 0 spiro atoms. The summed E-state index contributed by atoms with van der Waals surface area (Å²) in [5, 5.41) is 9.69. The Balaban J connectivity index is 3.25. The Morgan fingerprint density at radius 3 is 2.38 bits per heavy atom. The molecule has 0 aliphatic rings. The van der Waals surface area contributed by atoms with Crippen molar-refractivity contribution in [3.8, 4) is 5.75 Å². The highest BCUT2D eigenvalue weighted by Gasteiger charge is 2.06. The Bertz CT molecular complexity index is 451. The van der Waals surface area contributed by atoms with E-state index < -0.39 is 0 Å². The van der Waals surface area contributed by atoms with Gasteiger partial charge in [-0.25, -0.2) is 0 Å². The fraction of sp³-hybridized carbons (Fsp3) is 0.333. The van der Waals surface area contributed by atoms with Crippen LogP contribution in [-0.2, 0) is 0 Å². The Morgan fingerprint density at radius 2 is 1.81 bits per heavy atom. The minimum absolute atomic E-state index is 0.384. The van der Waals surface area contributed by atoms with Gasteiger partial charge < -0.3 is 5.11 Å². The molecular weight excluding hydrogens is 196 g/mol. The third kappa shape index (κ3) is 2.54. The van der Waals surface area contributed by atoms with Gasteiger partial charge in [0.1, 0.15) is 5.75 Å². The Kier molecular flexibility index (Phi) is 3.94. The summed E-state index contributed by atoms with van der Waals surface area (Å²) in [5.74, 6) is 0.384. The first kappa shape index (κ1) is 12.6. The van der Waals surface area contributed by atoms with E-state index in [0.29, 0.717) is 5.75 Å². The third-order valence-corrected chi connectivity index (χ3v) is 3.10. The van der Waals surface area contributed by atoms with Gasteiger partial charge in [0, 0.05) is 0 Å². The van der Waals surface area contributed by atoms with Crippen molar-refractivity contribution >= 4 is 6.08 Å². The molecule has 16 heavy (non-hydrogen) atoms. The molecule has 1 heteroatoms. The average Bonchev–Trinajstić information content (AvgIpc) is 2.25. The molecule has 0 radical (unpaired) electrons. The molecule has 1 aromatic rings. The Hall–Kier alpha value is -1.50. The first-order valence-corrected chi connectivity index (χ1v) is 5.58. The molecule has 0 aliphatic carbocycles. The van der Waals surface area contributed by atoms with E-state index in [9.17, 15) is 5.11 Å². The fourth-order valence-electron chi connectivity index (χ4n) is 1.65. The van der Waals surface area contributed by atoms with Gasteiger partial charge in [-0.2, -0.15) is 0 Å². The number of phenols is 1. The molecule has 1 rings (SSSR count). The van der Waals surface area contributed by atoms with Gasteiger partial charge in [-0.05, 0) is 62.9 Å². The topological polar surface area (TPSA) is 20.2 Å². The molecule has 1 aromatic carbocycles. The molecule has 0 aliphatic heterocycles. The average molecular weight is 216 g/mol. The lowest BCUT2D eigenvalue weighted by Crippen LogP contribution is -1.91. The van der Waals surface area contributed by atoms with E-state index in [-0.39, 0.29) is 0 Å². The summed E-state index contributed by atoms with van der Waals surface area (Å²) >= 11 is 0. The van der Waals surface area contributed by atoms with Crippen LogP contribution < -0.4 is 0 Å². The summed E-state index contributed by atoms with van der Waals surface area (Å²) in [6.45, 7) is 10.1. The summed E-state index contributed by atoms with van der Waals surface area (Å²) in [4.78, 5) is 0. The standard InChI is InChI=1S/C15H20O/c1-6-10(2)7-8-14-11(3)9-15(16)13(5)12(14)4/h6-9,16H,1-5H3/b8-7+,10-6+. The van der Waals surface area contributed by atoms with E-state index in [4.69, 9.17) is 0 Å². The van der Waals surface area contributed by atoms with Gasteiger partial charge in [0.2, 0.25) is 0 Å². The SMILES string of the molecule is C/C=C(C)/C=C/c1c(C)cc(O)c(C)c1C. The predicted molar refractivity (Wildman–Crippen MR) is 70.8 cm³/mol. The zero-order chi connectivity index (χ0) is 12.3. The van der Waals surface area contributed by atoms with Crippen molar-refractivity contribution in [1.29, 1.82) is 0 Å². The molecule has 0 aromatic heterocycles. The molecule has 0 heterocycles. The molecule has 0 saturated carbocycles. The van der Waals surface area contributed by atoms with Crippen molar-refractivity contribution in [2.24, 2.45) is 0 Å². The molecule has 0 saturated heterocycles. The number of rotatable bonds is 2. The van der Waals surface area contributed by atoms with Gasteiger partial charge in [-0.3, -0.25) is 0 Å². The van der Waals surface area contributed by atoms with Crippen LogP contribution in [0, 0.1) is 20.8 Å². The van der Waals surface area contributed by atoms with E-state index in [1.165, 1.54) is 11.1 Å². The first-order valence-electron chi connectivity index (χ1n) is 5.58. The van der Waals surface area contributed by atoms with E-state index >= 15 is 0 Å². The summed E-state index contributed by atoms with van der Waals surface area (Å²) in [6, 6.07) is 1.83. The second-order valence-corrected chi connectivity index (χ2v) is 4.24. The molecule has 0 amide bonds. The number of aryl methyl sites for hydroxylation is 1. The number of hydrogen-bond donors (Lipinski definition) is 1. The minimum atomic E-state index is 0.384. The lowest BCUT2D eigenvalue weighted by Gasteiger charge is -2.10. The molecule has 1 N–H and O–H groups in total. The van der Waals surface area contributed by atoms with Gasteiger partial charge in [0.25, 0.3) is 0 Å². The van der Waals surface area contributed by atoms with Gasteiger partial charge in [0.15, 0.2) is 0 Å². The van der Waals surface area contributed by atoms with E-state index in [1.54, 1.807) is 0 Å². The van der Waals surface area contributed by atoms with Crippen LogP contribution in [0.5, 0.6) is 5.75 Å². The maximum absolute atomic E-state index is 9.69. The van der Waals surface area contributed by atoms with Crippen LogP contribution in [0.1, 0.15) is 36.1 Å². The van der Waals surface area contributed by atoms with Crippen molar-refractivity contribution in [3.05, 3.63) is 46.0 Å². The van der Waals surface area contributed by atoms with E-state index in [0.717, 1.165) is 16.7 Å². The highest BCUT2D eigenvalue weighted by molar-refractivity contribution is 5.63. The van der Waals surface area contributed by atoms with Crippen LogP contribution in [-0.4, -0.2) is 5.11 Å². The number of benzene rings is 1.